The van der Waals surface area contributed by atoms with Crippen LogP contribution in [0.15, 0.2) is 36.5 Å². The maximum absolute atomic E-state index is 5.86. The molecule has 1 aromatic carbocycles. The monoisotopic (exact) mass is 274 g/mol. The van der Waals surface area contributed by atoms with Gasteiger partial charge in [-0.25, -0.2) is 4.98 Å². The first-order chi connectivity index (χ1) is 9.65. The number of pyridine rings is 1. The van der Waals surface area contributed by atoms with Crippen molar-refractivity contribution in [3.63, 3.8) is 0 Å². The topological polar surface area (TPSA) is 66.6 Å². The summed E-state index contributed by atoms with van der Waals surface area (Å²) in [6, 6.07) is 9.00. The molecule has 2 N–H and O–H groups in total. The Hall–Kier alpha value is -2.27. The highest BCUT2D eigenvalue weighted by Gasteiger charge is 2.13. The SMILES string of the molecule is COc1cccc(OC)c1Oc1cc(C(C)N)ccn1. The van der Waals surface area contributed by atoms with Gasteiger partial charge in [0.1, 0.15) is 0 Å². The molecule has 5 nitrogen and oxygen atoms in total. The minimum atomic E-state index is -0.0834. The molecule has 106 valence electrons. The minimum Gasteiger partial charge on any atom is -0.493 e. The molecule has 0 bridgehead atoms. The lowest BCUT2D eigenvalue weighted by molar-refractivity contribution is 0.342. The van der Waals surface area contributed by atoms with Crippen LogP contribution in [0, 0.1) is 0 Å². The molecule has 0 aliphatic carbocycles. The van der Waals surface area contributed by atoms with Crippen LogP contribution in [0.1, 0.15) is 18.5 Å². The number of aromatic nitrogens is 1. The van der Waals surface area contributed by atoms with Gasteiger partial charge in [0.05, 0.1) is 14.2 Å². The largest absolute Gasteiger partial charge is 0.493 e. The molecule has 2 rings (SSSR count). The second kappa shape index (κ2) is 6.25. The number of benzene rings is 1. The van der Waals surface area contributed by atoms with E-state index in [1.165, 1.54) is 0 Å². The van der Waals surface area contributed by atoms with Crippen molar-refractivity contribution in [1.82, 2.24) is 4.98 Å². The molecule has 0 fully saturated rings. The van der Waals surface area contributed by atoms with Gasteiger partial charge >= 0.3 is 0 Å². The van der Waals surface area contributed by atoms with E-state index in [9.17, 15) is 0 Å². The Morgan fingerprint density at radius 2 is 1.75 bits per heavy atom. The molecule has 0 saturated carbocycles. The van der Waals surface area contributed by atoms with Crippen molar-refractivity contribution in [3.8, 4) is 23.1 Å². The Balaban J connectivity index is 2.36. The summed E-state index contributed by atoms with van der Waals surface area (Å²) in [5.41, 5.74) is 6.80. The van der Waals surface area contributed by atoms with Crippen LogP contribution >= 0.6 is 0 Å². The van der Waals surface area contributed by atoms with Crippen LogP contribution in [-0.4, -0.2) is 19.2 Å². The summed E-state index contributed by atoms with van der Waals surface area (Å²) in [6.07, 6.45) is 1.66. The van der Waals surface area contributed by atoms with E-state index in [0.29, 0.717) is 23.1 Å². The number of ether oxygens (including phenoxy) is 3. The molecule has 1 atom stereocenters. The molecule has 5 heteroatoms. The summed E-state index contributed by atoms with van der Waals surface area (Å²) >= 11 is 0. The van der Waals surface area contributed by atoms with E-state index in [1.54, 1.807) is 38.6 Å². The first-order valence-corrected chi connectivity index (χ1v) is 6.26. The third-order valence-electron chi connectivity index (χ3n) is 2.87. The van der Waals surface area contributed by atoms with Crippen LogP contribution in [0.4, 0.5) is 0 Å². The van der Waals surface area contributed by atoms with E-state index in [0.717, 1.165) is 5.56 Å². The number of nitrogens with two attached hydrogens (primary N) is 1. The van der Waals surface area contributed by atoms with Gasteiger partial charge in [0.2, 0.25) is 11.6 Å². The van der Waals surface area contributed by atoms with Crippen molar-refractivity contribution < 1.29 is 14.2 Å². The lowest BCUT2D eigenvalue weighted by atomic mass is 10.1. The number of hydrogen-bond acceptors (Lipinski definition) is 5. The molecule has 1 aromatic heterocycles. The van der Waals surface area contributed by atoms with Gasteiger partial charge in [-0.05, 0) is 30.7 Å². The van der Waals surface area contributed by atoms with Crippen LogP contribution < -0.4 is 19.9 Å². The van der Waals surface area contributed by atoms with E-state index in [4.69, 9.17) is 19.9 Å². The zero-order chi connectivity index (χ0) is 14.5. The average Bonchev–Trinajstić information content (AvgIpc) is 2.47. The molecule has 0 saturated heterocycles. The maximum Gasteiger partial charge on any atom is 0.219 e. The van der Waals surface area contributed by atoms with Crippen molar-refractivity contribution in [3.05, 3.63) is 42.1 Å². The molecule has 0 spiro atoms. The van der Waals surface area contributed by atoms with Crippen LogP contribution in [-0.2, 0) is 0 Å². The fraction of sp³-hybridized carbons (Fsp3) is 0.267. The number of methoxy groups -OCH3 is 2. The number of hydrogen-bond donors (Lipinski definition) is 1. The van der Waals surface area contributed by atoms with E-state index in [-0.39, 0.29) is 6.04 Å². The molecular weight excluding hydrogens is 256 g/mol. The molecule has 0 amide bonds. The summed E-state index contributed by atoms with van der Waals surface area (Å²) in [7, 11) is 3.15. The maximum atomic E-state index is 5.86. The van der Waals surface area contributed by atoms with Crippen LogP contribution in [0.3, 0.4) is 0 Å². The summed E-state index contributed by atoms with van der Waals surface area (Å²) in [5, 5.41) is 0. The molecule has 0 aliphatic rings. The van der Waals surface area contributed by atoms with E-state index >= 15 is 0 Å². The lowest BCUT2D eigenvalue weighted by Crippen LogP contribution is -2.05. The van der Waals surface area contributed by atoms with Crippen molar-refractivity contribution in [2.75, 3.05) is 14.2 Å². The highest BCUT2D eigenvalue weighted by atomic mass is 16.5. The van der Waals surface area contributed by atoms with Crippen molar-refractivity contribution in [2.45, 2.75) is 13.0 Å². The zero-order valence-electron chi connectivity index (χ0n) is 11.8. The Kier molecular flexibility index (Phi) is 4.42. The quantitative estimate of drug-likeness (QED) is 0.908. The number of rotatable bonds is 5. The second-order valence-electron chi connectivity index (χ2n) is 4.31. The molecule has 20 heavy (non-hydrogen) atoms. The van der Waals surface area contributed by atoms with Gasteiger partial charge in [0.15, 0.2) is 11.5 Å². The third kappa shape index (κ3) is 3.00. The van der Waals surface area contributed by atoms with E-state index in [2.05, 4.69) is 4.98 Å². The third-order valence-corrected chi connectivity index (χ3v) is 2.87. The van der Waals surface area contributed by atoms with E-state index < -0.39 is 0 Å². The summed E-state index contributed by atoms with van der Waals surface area (Å²) < 4.78 is 16.4. The summed E-state index contributed by atoms with van der Waals surface area (Å²) in [5.74, 6) is 2.10. The molecule has 1 heterocycles. The molecular formula is C15H18N2O3. The number of para-hydroxylation sites is 1. The number of nitrogens with zero attached hydrogens (tertiary/aromatic N) is 1. The molecule has 0 aliphatic heterocycles. The zero-order valence-corrected chi connectivity index (χ0v) is 11.8. The Bertz CT molecular complexity index is 563. The predicted octanol–water partition coefficient (Wildman–Crippen LogP) is 2.91. The summed E-state index contributed by atoms with van der Waals surface area (Å²) in [4.78, 5) is 4.18. The van der Waals surface area contributed by atoms with Gasteiger partial charge in [0.25, 0.3) is 0 Å². The van der Waals surface area contributed by atoms with Crippen molar-refractivity contribution >= 4 is 0 Å². The van der Waals surface area contributed by atoms with Gasteiger partial charge in [-0.15, -0.1) is 0 Å². The standard InChI is InChI=1S/C15H18N2O3/c1-10(16)11-7-8-17-14(9-11)20-15-12(18-2)5-4-6-13(15)19-3/h4-10H,16H2,1-3H3. The molecule has 2 aromatic rings. The normalized spacial score (nSPS) is 11.8. The van der Waals surface area contributed by atoms with Crippen molar-refractivity contribution in [2.24, 2.45) is 5.73 Å². The van der Waals surface area contributed by atoms with E-state index in [1.807, 2.05) is 19.1 Å². The Labute approximate surface area is 118 Å². The first-order valence-electron chi connectivity index (χ1n) is 6.26. The Morgan fingerprint density at radius 1 is 1.10 bits per heavy atom. The molecule has 1 unspecified atom stereocenters. The minimum absolute atomic E-state index is 0.0834. The van der Waals surface area contributed by atoms with Gasteiger partial charge in [-0.1, -0.05) is 6.07 Å². The smallest absolute Gasteiger partial charge is 0.219 e. The summed E-state index contributed by atoms with van der Waals surface area (Å²) in [6.45, 7) is 1.91. The van der Waals surface area contributed by atoms with Crippen molar-refractivity contribution in [1.29, 1.82) is 0 Å². The molecule has 0 radical (unpaired) electrons. The highest BCUT2D eigenvalue weighted by molar-refractivity contribution is 5.52. The van der Waals surface area contributed by atoms with Gasteiger partial charge in [-0.2, -0.15) is 0 Å². The average molecular weight is 274 g/mol. The Morgan fingerprint density at radius 3 is 2.30 bits per heavy atom. The van der Waals surface area contributed by atoms with Crippen LogP contribution in [0.5, 0.6) is 23.1 Å². The van der Waals surface area contributed by atoms with Gasteiger partial charge in [-0.3, -0.25) is 0 Å². The second-order valence-corrected chi connectivity index (χ2v) is 4.31. The lowest BCUT2D eigenvalue weighted by Gasteiger charge is -2.14. The predicted molar refractivity (Wildman–Crippen MR) is 76.5 cm³/mol. The van der Waals surface area contributed by atoms with Crippen LogP contribution in [0.2, 0.25) is 0 Å². The van der Waals surface area contributed by atoms with Gasteiger partial charge in [0, 0.05) is 18.3 Å². The van der Waals surface area contributed by atoms with Gasteiger partial charge < -0.3 is 19.9 Å². The fourth-order valence-corrected chi connectivity index (χ4v) is 1.79. The first kappa shape index (κ1) is 14.1. The highest BCUT2D eigenvalue weighted by Crippen LogP contribution is 2.39. The fourth-order valence-electron chi connectivity index (χ4n) is 1.79. The van der Waals surface area contributed by atoms with Crippen LogP contribution in [0.25, 0.3) is 0 Å².